The number of nitrogens with one attached hydrogen (secondary N) is 1. The van der Waals surface area contributed by atoms with Crippen LogP contribution in [-0.2, 0) is 11.2 Å². The summed E-state index contributed by atoms with van der Waals surface area (Å²) in [6.45, 7) is 3.47. The van der Waals surface area contributed by atoms with Crippen molar-refractivity contribution in [2.75, 3.05) is 19.5 Å². The van der Waals surface area contributed by atoms with E-state index in [2.05, 4.69) is 11.9 Å². The third kappa shape index (κ3) is 3.29. The van der Waals surface area contributed by atoms with Crippen LogP contribution in [0.15, 0.2) is 36.6 Å². The Morgan fingerprint density at radius 2 is 2.07 bits per heavy atom. The number of anilines is 1. The van der Waals surface area contributed by atoms with Gasteiger partial charge in [-0.2, -0.15) is 0 Å². The highest BCUT2D eigenvalue weighted by Gasteiger charge is 2.10. The zero-order valence-corrected chi connectivity index (χ0v) is 9.16. The van der Waals surface area contributed by atoms with E-state index in [-0.39, 0.29) is 11.9 Å². The Kier molecular flexibility index (Phi) is 4.18. The topological polar surface area (TPSA) is 41.5 Å². The highest BCUT2D eigenvalue weighted by atomic mass is 16.5. The first-order chi connectivity index (χ1) is 7.17. The first-order valence-corrected chi connectivity index (χ1v) is 4.84. The Bertz CT molecular complexity index is 319. The fourth-order valence-electron chi connectivity index (χ4n) is 1.36. The van der Waals surface area contributed by atoms with Crippen LogP contribution in [0.4, 0.5) is 5.69 Å². The van der Waals surface area contributed by atoms with E-state index in [0.29, 0.717) is 6.42 Å². The molecule has 3 nitrogen and oxygen atoms in total. The second-order valence-electron chi connectivity index (χ2n) is 3.37. The maximum absolute atomic E-state index is 9.24. The zero-order valence-electron chi connectivity index (χ0n) is 9.16. The van der Waals surface area contributed by atoms with Gasteiger partial charge < -0.3 is 15.2 Å². The highest BCUT2D eigenvalue weighted by molar-refractivity contribution is 5.44. The molecule has 1 unspecified atom stereocenters. The van der Waals surface area contributed by atoms with E-state index in [1.165, 1.54) is 0 Å². The quantitative estimate of drug-likeness (QED) is 0.728. The summed E-state index contributed by atoms with van der Waals surface area (Å²) < 4.78 is 5.11. The average Bonchev–Trinajstić information content (AvgIpc) is 2.26. The monoisotopic (exact) mass is 207 g/mol. The summed E-state index contributed by atoms with van der Waals surface area (Å²) in [4.78, 5) is 0. The molecule has 0 saturated carbocycles. The van der Waals surface area contributed by atoms with Gasteiger partial charge in [0.1, 0.15) is 11.9 Å². The third-order valence-corrected chi connectivity index (χ3v) is 2.32. The normalized spacial score (nSPS) is 12.1. The summed E-state index contributed by atoms with van der Waals surface area (Å²) in [5, 5.41) is 12.3. The van der Waals surface area contributed by atoms with E-state index in [1.54, 1.807) is 7.11 Å². The molecule has 0 bridgehead atoms. The van der Waals surface area contributed by atoms with Gasteiger partial charge in [-0.25, -0.2) is 0 Å². The molecule has 15 heavy (non-hydrogen) atoms. The van der Waals surface area contributed by atoms with Gasteiger partial charge in [0.15, 0.2) is 0 Å². The SMILES string of the molecule is C=C(O)C(Cc1ccc(NC)cc1)OC. The van der Waals surface area contributed by atoms with Crippen LogP contribution in [0.1, 0.15) is 5.56 Å². The van der Waals surface area contributed by atoms with E-state index in [1.807, 2.05) is 31.3 Å². The molecule has 1 aromatic carbocycles. The molecule has 0 heterocycles. The predicted octanol–water partition coefficient (Wildman–Crippen LogP) is 2.36. The largest absolute Gasteiger partial charge is 0.510 e. The molecule has 2 N–H and O–H groups in total. The van der Waals surface area contributed by atoms with Gasteiger partial charge in [-0.05, 0) is 17.7 Å². The van der Waals surface area contributed by atoms with Gasteiger partial charge in [0.25, 0.3) is 0 Å². The molecule has 0 saturated heterocycles. The van der Waals surface area contributed by atoms with E-state index < -0.39 is 0 Å². The van der Waals surface area contributed by atoms with Crippen LogP contribution in [0, 0.1) is 0 Å². The minimum atomic E-state index is -0.328. The summed E-state index contributed by atoms with van der Waals surface area (Å²) in [6.07, 6.45) is 0.306. The summed E-state index contributed by atoms with van der Waals surface area (Å²) in [5.41, 5.74) is 2.17. The minimum absolute atomic E-state index is 0.0650. The van der Waals surface area contributed by atoms with Crippen LogP contribution in [0.5, 0.6) is 0 Å². The minimum Gasteiger partial charge on any atom is -0.510 e. The highest BCUT2D eigenvalue weighted by Crippen LogP contribution is 2.13. The smallest absolute Gasteiger partial charge is 0.117 e. The van der Waals surface area contributed by atoms with E-state index in [0.717, 1.165) is 11.3 Å². The lowest BCUT2D eigenvalue weighted by Crippen LogP contribution is -2.16. The van der Waals surface area contributed by atoms with E-state index >= 15 is 0 Å². The van der Waals surface area contributed by atoms with Gasteiger partial charge >= 0.3 is 0 Å². The van der Waals surface area contributed by atoms with Crippen LogP contribution < -0.4 is 5.32 Å². The van der Waals surface area contributed by atoms with Crippen LogP contribution in [0.2, 0.25) is 0 Å². The molecule has 1 atom stereocenters. The molecular weight excluding hydrogens is 190 g/mol. The van der Waals surface area contributed by atoms with Crippen molar-refractivity contribution in [2.45, 2.75) is 12.5 Å². The predicted molar refractivity (Wildman–Crippen MR) is 62.3 cm³/mol. The number of hydrogen-bond donors (Lipinski definition) is 2. The maximum atomic E-state index is 9.24. The molecule has 0 fully saturated rings. The van der Waals surface area contributed by atoms with Gasteiger partial charge in [-0.1, -0.05) is 18.7 Å². The van der Waals surface area contributed by atoms with Crippen LogP contribution in [0.25, 0.3) is 0 Å². The third-order valence-electron chi connectivity index (χ3n) is 2.32. The zero-order chi connectivity index (χ0) is 11.3. The van der Waals surface area contributed by atoms with Crippen molar-refractivity contribution in [1.29, 1.82) is 0 Å². The fraction of sp³-hybridized carbons (Fsp3) is 0.333. The Morgan fingerprint density at radius 1 is 1.47 bits per heavy atom. The maximum Gasteiger partial charge on any atom is 0.117 e. The Morgan fingerprint density at radius 3 is 2.47 bits per heavy atom. The molecule has 0 radical (unpaired) electrons. The van der Waals surface area contributed by atoms with E-state index in [9.17, 15) is 5.11 Å². The summed E-state index contributed by atoms with van der Waals surface area (Å²) in [7, 11) is 3.44. The Balaban J connectivity index is 2.67. The number of ether oxygens (including phenoxy) is 1. The van der Waals surface area contributed by atoms with Gasteiger partial charge in [0.05, 0.1) is 0 Å². The lowest BCUT2D eigenvalue weighted by molar-refractivity contribution is 0.0945. The van der Waals surface area contributed by atoms with Crippen molar-refractivity contribution in [1.82, 2.24) is 0 Å². The summed E-state index contributed by atoms with van der Waals surface area (Å²) >= 11 is 0. The number of aliphatic hydroxyl groups is 1. The van der Waals surface area contributed by atoms with Crippen LogP contribution in [-0.4, -0.2) is 25.4 Å². The van der Waals surface area contributed by atoms with Gasteiger partial charge in [0, 0.05) is 26.3 Å². The molecule has 82 valence electrons. The Hall–Kier alpha value is -1.48. The van der Waals surface area contributed by atoms with Gasteiger partial charge in [-0.3, -0.25) is 0 Å². The molecule has 1 rings (SSSR count). The van der Waals surface area contributed by atoms with Crippen molar-refractivity contribution in [3.8, 4) is 0 Å². The molecule has 0 aliphatic heterocycles. The summed E-state index contributed by atoms with van der Waals surface area (Å²) in [5.74, 6) is 0.0650. The number of hydrogen-bond acceptors (Lipinski definition) is 3. The number of aliphatic hydroxyl groups excluding tert-OH is 1. The lowest BCUT2D eigenvalue weighted by Gasteiger charge is -2.13. The molecular formula is C12H17NO2. The average molecular weight is 207 g/mol. The van der Waals surface area contributed by atoms with Crippen molar-refractivity contribution < 1.29 is 9.84 Å². The van der Waals surface area contributed by atoms with Gasteiger partial charge in [-0.15, -0.1) is 0 Å². The Labute approximate surface area is 90.4 Å². The van der Waals surface area contributed by atoms with Gasteiger partial charge in [0.2, 0.25) is 0 Å². The number of rotatable bonds is 5. The first kappa shape index (κ1) is 11.6. The summed E-state index contributed by atoms with van der Waals surface area (Å²) in [6, 6.07) is 7.98. The number of benzene rings is 1. The standard InChI is InChI=1S/C12H17NO2/c1-9(14)12(15-3)8-10-4-6-11(13-2)7-5-10/h4-7,12-14H,1,8H2,2-3H3. The van der Waals surface area contributed by atoms with Crippen LogP contribution >= 0.6 is 0 Å². The first-order valence-electron chi connectivity index (χ1n) is 4.84. The molecule has 0 aliphatic carbocycles. The van der Waals surface area contributed by atoms with Crippen molar-refractivity contribution in [3.05, 3.63) is 42.2 Å². The fourth-order valence-corrected chi connectivity index (χ4v) is 1.36. The van der Waals surface area contributed by atoms with E-state index in [4.69, 9.17) is 4.74 Å². The second-order valence-corrected chi connectivity index (χ2v) is 3.37. The van der Waals surface area contributed by atoms with Crippen molar-refractivity contribution in [2.24, 2.45) is 0 Å². The van der Waals surface area contributed by atoms with Crippen LogP contribution in [0.3, 0.4) is 0 Å². The van der Waals surface area contributed by atoms with Crippen molar-refractivity contribution in [3.63, 3.8) is 0 Å². The van der Waals surface area contributed by atoms with Crippen molar-refractivity contribution >= 4 is 5.69 Å². The lowest BCUT2D eigenvalue weighted by atomic mass is 10.1. The molecule has 3 heteroatoms. The molecule has 0 aromatic heterocycles. The second kappa shape index (κ2) is 5.41. The number of methoxy groups -OCH3 is 1. The molecule has 0 aliphatic rings. The molecule has 0 amide bonds. The molecule has 1 aromatic rings. The molecule has 0 spiro atoms.